The Hall–Kier alpha value is -2.59. The maximum atomic E-state index is 11.7. The highest BCUT2D eigenvalue weighted by atomic mass is 16.6. The van der Waals surface area contributed by atoms with Crippen molar-refractivity contribution in [2.75, 3.05) is 6.61 Å². The zero-order chi connectivity index (χ0) is 15.8. The number of hydrogen-bond acceptors (Lipinski definition) is 4. The molecule has 0 aliphatic rings. The summed E-state index contributed by atoms with van der Waals surface area (Å²) in [5, 5.41) is 0. The lowest BCUT2D eigenvalue weighted by Gasteiger charge is -2.16. The average Bonchev–Trinajstić information content (AvgIpc) is 2.54. The first-order valence-corrected chi connectivity index (χ1v) is 6.94. The Morgan fingerprint density at radius 3 is 2.00 bits per heavy atom. The van der Waals surface area contributed by atoms with Crippen molar-refractivity contribution in [2.45, 2.75) is 13.0 Å². The molecule has 4 nitrogen and oxygen atoms in total. The van der Waals surface area contributed by atoms with Crippen molar-refractivity contribution in [3.05, 3.63) is 73.0 Å². The van der Waals surface area contributed by atoms with E-state index in [1.54, 1.807) is 31.2 Å². The molecule has 22 heavy (non-hydrogen) atoms. The fourth-order valence-electron chi connectivity index (χ4n) is 1.66. The van der Waals surface area contributed by atoms with Crippen LogP contribution >= 0.6 is 0 Å². The molecule has 2 aromatic rings. The van der Waals surface area contributed by atoms with Gasteiger partial charge in [0.05, 0.1) is 0 Å². The molecule has 2 aromatic carbocycles. The lowest BCUT2D eigenvalue weighted by atomic mass is 10.3. The van der Waals surface area contributed by atoms with Crippen molar-refractivity contribution in [2.24, 2.45) is 0 Å². The van der Waals surface area contributed by atoms with Gasteiger partial charge in [-0.2, -0.15) is 0 Å². The third kappa shape index (κ3) is 5.07. The first kappa shape index (κ1) is 15.8. The van der Waals surface area contributed by atoms with Crippen LogP contribution in [-0.2, 0) is 9.53 Å². The number of carbonyl (C=O) groups excluding carboxylic acids is 1. The first-order valence-electron chi connectivity index (χ1n) is 6.94. The van der Waals surface area contributed by atoms with Gasteiger partial charge in [0.25, 0.3) is 0 Å². The monoisotopic (exact) mass is 298 g/mol. The maximum absolute atomic E-state index is 11.7. The summed E-state index contributed by atoms with van der Waals surface area (Å²) in [6.45, 7) is 5.40. The Bertz CT molecular complexity index is 607. The molecule has 0 heterocycles. The molecule has 0 aliphatic carbocycles. The van der Waals surface area contributed by atoms with Crippen molar-refractivity contribution in [1.29, 1.82) is 0 Å². The molecule has 0 N–H and O–H groups in total. The molecule has 0 spiro atoms. The van der Waals surface area contributed by atoms with Crippen LogP contribution in [0, 0.1) is 0 Å². The van der Waals surface area contributed by atoms with E-state index in [0.717, 1.165) is 0 Å². The largest absolute Gasteiger partial charge is 0.460 e. The maximum Gasteiger partial charge on any atom is 0.337 e. The normalized spacial score (nSPS) is 11.5. The first-order chi connectivity index (χ1) is 10.6. The van der Waals surface area contributed by atoms with Crippen molar-refractivity contribution < 1.29 is 19.0 Å². The van der Waals surface area contributed by atoms with E-state index in [4.69, 9.17) is 14.2 Å². The summed E-state index contributed by atoms with van der Waals surface area (Å²) >= 11 is 0. The zero-order valence-electron chi connectivity index (χ0n) is 12.4. The summed E-state index contributed by atoms with van der Waals surface area (Å²) in [7, 11) is 0. The number of carbonyl (C=O) groups is 1. The Balaban J connectivity index is 1.76. The fraction of sp³-hybridized carbons (Fsp3) is 0.167. The highest BCUT2D eigenvalue weighted by Gasteiger charge is 2.13. The van der Waals surface area contributed by atoms with Crippen molar-refractivity contribution >= 4 is 5.97 Å². The van der Waals surface area contributed by atoms with Crippen LogP contribution in [0.5, 0.6) is 11.5 Å². The Morgan fingerprint density at radius 2 is 1.45 bits per heavy atom. The van der Waals surface area contributed by atoms with Gasteiger partial charge in [-0.3, -0.25) is 0 Å². The van der Waals surface area contributed by atoms with Crippen LogP contribution in [0.15, 0.2) is 73.0 Å². The predicted octanol–water partition coefficient (Wildman–Crippen LogP) is 3.59. The second-order valence-corrected chi connectivity index (χ2v) is 4.62. The van der Waals surface area contributed by atoms with Gasteiger partial charge in [0, 0.05) is 0 Å². The van der Waals surface area contributed by atoms with Crippen LogP contribution in [0.1, 0.15) is 6.92 Å². The van der Waals surface area contributed by atoms with E-state index in [1.165, 1.54) is 0 Å². The molecule has 0 fully saturated rings. The summed E-state index contributed by atoms with van der Waals surface area (Å²) in [6.07, 6.45) is -0.427. The summed E-state index contributed by atoms with van der Waals surface area (Å²) in [6, 6.07) is 18.1. The summed E-state index contributed by atoms with van der Waals surface area (Å²) in [5.41, 5.74) is 0. The molecule has 0 amide bonds. The fourth-order valence-corrected chi connectivity index (χ4v) is 1.66. The number of benzene rings is 2. The van der Waals surface area contributed by atoms with Crippen LogP contribution in [-0.4, -0.2) is 18.7 Å². The second kappa shape index (κ2) is 8.00. The van der Waals surface area contributed by atoms with Gasteiger partial charge in [-0.05, 0) is 31.2 Å². The molecule has 0 saturated heterocycles. The highest BCUT2D eigenvalue weighted by Crippen LogP contribution is 2.15. The molecule has 0 bridgehead atoms. The van der Waals surface area contributed by atoms with E-state index in [9.17, 15) is 4.79 Å². The minimum atomic E-state index is -0.467. The molecule has 0 aromatic heterocycles. The molecule has 0 saturated carbocycles. The predicted molar refractivity (Wildman–Crippen MR) is 83.7 cm³/mol. The number of para-hydroxylation sites is 2. The van der Waals surface area contributed by atoms with E-state index in [2.05, 4.69) is 6.58 Å². The number of rotatable bonds is 7. The van der Waals surface area contributed by atoms with Crippen LogP contribution in [0.25, 0.3) is 0 Å². The van der Waals surface area contributed by atoms with Crippen LogP contribution in [0.4, 0.5) is 0 Å². The third-order valence-corrected chi connectivity index (χ3v) is 2.87. The Morgan fingerprint density at radius 1 is 0.955 bits per heavy atom. The number of esters is 1. The lowest BCUT2D eigenvalue weighted by Crippen LogP contribution is -2.22. The van der Waals surface area contributed by atoms with Crippen molar-refractivity contribution in [3.8, 4) is 11.5 Å². The molecular weight excluding hydrogens is 280 g/mol. The number of ether oxygens (including phenoxy) is 3. The van der Waals surface area contributed by atoms with E-state index in [-0.39, 0.29) is 6.61 Å². The van der Waals surface area contributed by atoms with Crippen LogP contribution in [0.2, 0.25) is 0 Å². The van der Waals surface area contributed by atoms with Gasteiger partial charge in [0.15, 0.2) is 0 Å². The van der Waals surface area contributed by atoms with E-state index >= 15 is 0 Å². The summed E-state index contributed by atoms with van der Waals surface area (Å²) in [4.78, 5) is 11.7. The molecule has 4 heteroatoms. The quantitative estimate of drug-likeness (QED) is 0.445. The second-order valence-electron chi connectivity index (χ2n) is 4.62. The summed E-state index contributed by atoms with van der Waals surface area (Å²) < 4.78 is 16.1. The molecule has 1 unspecified atom stereocenters. The average molecular weight is 298 g/mol. The Labute approximate surface area is 129 Å². The number of hydrogen-bond donors (Lipinski definition) is 0. The Kier molecular flexibility index (Phi) is 5.74. The molecule has 114 valence electrons. The van der Waals surface area contributed by atoms with Crippen molar-refractivity contribution in [3.63, 3.8) is 0 Å². The topological polar surface area (TPSA) is 44.8 Å². The smallest absolute Gasteiger partial charge is 0.337 e. The SMILES string of the molecule is C=C(Oc1ccccc1)C(C)OCC(=O)Oc1ccccc1. The van der Waals surface area contributed by atoms with Gasteiger partial charge < -0.3 is 14.2 Å². The highest BCUT2D eigenvalue weighted by molar-refractivity contribution is 5.73. The van der Waals surface area contributed by atoms with Crippen molar-refractivity contribution in [1.82, 2.24) is 0 Å². The van der Waals surface area contributed by atoms with Gasteiger partial charge in [-0.15, -0.1) is 0 Å². The lowest BCUT2D eigenvalue weighted by molar-refractivity contribution is -0.140. The van der Waals surface area contributed by atoms with Gasteiger partial charge in [0.1, 0.15) is 30.0 Å². The zero-order valence-corrected chi connectivity index (χ0v) is 12.4. The standard InChI is InChI=1S/C18H18O4/c1-14(15(2)21-16-9-5-3-6-10-16)20-13-18(19)22-17-11-7-4-8-12-17/h3-12,14H,2,13H2,1H3. The molecule has 2 rings (SSSR count). The van der Waals surface area contributed by atoms with Gasteiger partial charge in [0.2, 0.25) is 0 Å². The van der Waals surface area contributed by atoms with Gasteiger partial charge in [-0.25, -0.2) is 4.79 Å². The van der Waals surface area contributed by atoms with Gasteiger partial charge >= 0.3 is 5.97 Å². The molecule has 0 aliphatic heterocycles. The minimum Gasteiger partial charge on any atom is -0.460 e. The van der Waals surface area contributed by atoms with Crippen LogP contribution < -0.4 is 9.47 Å². The van der Waals surface area contributed by atoms with E-state index < -0.39 is 12.1 Å². The third-order valence-electron chi connectivity index (χ3n) is 2.87. The molecule has 1 atom stereocenters. The molecular formula is C18H18O4. The summed E-state index contributed by atoms with van der Waals surface area (Å²) in [5.74, 6) is 1.13. The van der Waals surface area contributed by atoms with Gasteiger partial charge in [-0.1, -0.05) is 43.0 Å². The van der Waals surface area contributed by atoms with E-state index in [0.29, 0.717) is 17.3 Å². The van der Waals surface area contributed by atoms with E-state index in [1.807, 2.05) is 36.4 Å². The van der Waals surface area contributed by atoms with Crippen LogP contribution in [0.3, 0.4) is 0 Å². The molecule has 0 radical (unpaired) electrons. The minimum absolute atomic E-state index is 0.173.